The van der Waals surface area contributed by atoms with Gasteiger partial charge in [-0.05, 0) is 33.8 Å². The molecule has 1 N–H and O–H groups in total. The molecule has 2 rings (SSSR count). The summed E-state index contributed by atoms with van der Waals surface area (Å²) in [5.41, 5.74) is -3.58. The van der Waals surface area contributed by atoms with Gasteiger partial charge in [0.2, 0.25) is 5.88 Å². The van der Waals surface area contributed by atoms with Crippen LogP contribution in [-0.4, -0.2) is 41.0 Å². The number of carbonyl (C=O) groups is 2. The fraction of sp³-hybridized carbons (Fsp3) is 0.471. The summed E-state index contributed by atoms with van der Waals surface area (Å²) in [5, 5.41) is 5.82. The standard InChI is InChI=1S/C17H20F3N3O5/c1-6-27-14(24)11-12-9(21-15(25)28-16(2,3)4)7-8-10(26-5)23(12)22-13(11)17(18,19)20/h7-8H,6H2,1-5H3,(H,21,25). The van der Waals surface area contributed by atoms with Crippen molar-refractivity contribution < 1.29 is 37.0 Å². The molecule has 0 bridgehead atoms. The second kappa shape index (κ2) is 7.56. The Labute approximate surface area is 158 Å². The minimum atomic E-state index is -4.94. The van der Waals surface area contributed by atoms with E-state index < -0.39 is 35.1 Å². The third kappa shape index (κ3) is 4.46. The van der Waals surface area contributed by atoms with Crippen LogP contribution in [0.3, 0.4) is 0 Å². The Morgan fingerprint density at radius 1 is 1.21 bits per heavy atom. The number of anilines is 1. The Morgan fingerprint density at radius 2 is 1.86 bits per heavy atom. The first kappa shape index (κ1) is 21.3. The zero-order valence-electron chi connectivity index (χ0n) is 15.9. The lowest BCUT2D eigenvalue weighted by Gasteiger charge is -2.20. The van der Waals surface area contributed by atoms with Crippen molar-refractivity contribution in [2.45, 2.75) is 39.5 Å². The highest BCUT2D eigenvalue weighted by Gasteiger charge is 2.42. The zero-order chi connectivity index (χ0) is 21.3. The Hall–Kier alpha value is -2.98. The van der Waals surface area contributed by atoms with Crippen LogP contribution >= 0.6 is 0 Å². The third-order valence-electron chi connectivity index (χ3n) is 3.33. The van der Waals surface area contributed by atoms with E-state index in [4.69, 9.17) is 14.2 Å². The molecule has 2 heterocycles. The number of esters is 1. The average Bonchev–Trinajstić information content (AvgIpc) is 2.95. The van der Waals surface area contributed by atoms with Gasteiger partial charge in [-0.15, -0.1) is 0 Å². The lowest BCUT2D eigenvalue weighted by molar-refractivity contribution is -0.141. The van der Waals surface area contributed by atoms with Gasteiger partial charge in [-0.2, -0.15) is 22.8 Å². The number of methoxy groups -OCH3 is 1. The number of rotatable bonds is 4. The maximum atomic E-state index is 13.5. The summed E-state index contributed by atoms with van der Waals surface area (Å²) < 4.78 is 56.2. The van der Waals surface area contributed by atoms with Crippen LogP contribution in [0, 0.1) is 0 Å². The van der Waals surface area contributed by atoms with Crippen LogP contribution in [-0.2, 0) is 15.7 Å². The SMILES string of the molecule is CCOC(=O)c1c(C(F)(F)F)nn2c(OC)ccc(NC(=O)OC(C)(C)C)c12. The molecule has 0 aliphatic carbocycles. The molecule has 1 amide bonds. The highest BCUT2D eigenvalue weighted by atomic mass is 19.4. The molecule has 0 saturated heterocycles. The minimum absolute atomic E-state index is 0.0780. The Balaban J connectivity index is 2.73. The molecule has 154 valence electrons. The monoisotopic (exact) mass is 403 g/mol. The maximum absolute atomic E-state index is 13.5. The summed E-state index contributed by atoms with van der Waals surface area (Å²) >= 11 is 0. The summed E-state index contributed by atoms with van der Waals surface area (Å²) in [6, 6.07) is 2.57. The number of nitrogens with one attached hydrogen (secondary N) is 1. The molecule has 8 nitrogen and oxygen atoms in total. The number of aromatic nitrogens is 2. The van der Waals surface area contributed by atoms with Gasteiger partial charge in [-0.3, -0.25) is 5.32 Å². The number of alkyl halides is 3. The highest BCUT2D eigenvalue weighted by molar-refractivity contribution is 6.04. The molecule has 2 aromatic heterocycles. The van der Waals surface area contributed by atoms with E-state index in [0.717, 1.165) is 4.52 Å². The zero-order valence-corrected chi connectivity index (χ0v) is 15.9. The van der Waals surface area contributed by atoms with E-state index in [0.29, 0.717) is 0 Å². The van der Waals surface area contributed by atoms with Crippen LogP contribution in [0.15, 0.2) is 12.1 Å². The number of carbonyl (C=O) groups excluding carboxylic acids is 2. The maximum Gasteiger partial charge on any atom is 0.436 e. The normalized spacial score (nSPS) is 12.0. The molecular weight excluding hydrogens is 383 g/mol. The topological polar surface area (TPSA) is 91.2 Å². The number of pyridine rings is 1. The van der Waals surface area contributed by atoms with Crippen molar-refractivity contribution in [2.24, 2.45) is 0 Å². The van der Waals surface area contributed by atoms with Crippen molar-refractivity contribution in [3.63, 3.8) is 0 Å². The molecule has 0 unspecified atom stereocenters. The van der Waals surface area contributed by atoms with Crippen molar-refractivity contribution in [1.82, 2.24) is 9.61 Å². The van der Waals surface area contributed by atoms with Crippen LogP contribution in [0.25, 0.3) is 5.52 Å². The van der Waals surface area contributed by atoms with E-state index in [2.05, 4.69) is 10.4 Å². The third-order valence-corrected chi connectivity index (χ3v) is 3.33. The molecule has 0 radical (unpaired) electrons. The van der Waals surface area contributed by atoms with Crippen LogP contribution in [0.1, 0.15) is 43.7 Å². The van der Waals surface area contributed by atoms with Crippen LogP contribution < -0.4 is 10.1 Å². The van der Waals surface area contributed by atoms with E-state index in [9.17, 15) is 22.8 Å². The van der Waals surface area contributed by atoms with E-state index in [-0.39, 0.29) is 23.7 Å². The number of amides is 1. The smallest absolute Gasteiger partial charge is 0.436 e. The van der Waals surface area contributed by atoms with Gasteiger partial charge in [0, 0.05) is 6.07 Å². The summed E-state index contributed by atoms with van der Waals surface area (Å²) in [6.07, 6.45) is -5.85. The first-order valence-corrected chi connectivity index (χ1v) is 8.23. The van der Waals surface area contributed by atoms with E-state index in [1.54, 1.807) is 20.8 Å². The summed E-state index contributed by atoms with van der Waals surface area (Å²) in [4.78, 5) is 24.4. The largest absolute Gasteiger partial charge is 0.481 e. The molecule has 0 aliphatic heterocycles. The molecule has 0 aliphatic rings. The van der Waals surface area contributed by atoms with E-state index >= 15 is 0 Å². The van der Waals surface area contributed by atoms with Gasteiger partial charge in [-0.1, -0.05) is 0 Å². The predicted molar refractivity (Wildman–Crippen MR) is 92.6 cm³/mol. The fourth-order valence-electron chi connectivity index (χ4n) is 2.39. The van der Waals surface area contributed by atoms with Crippen molar-refractivity contribution in [3.8, 4) is 5.88 Å². The van der Waals surface area contributed by atoms with Gasteiger partial charge >= 0.3 is 18.2 Å². The number of hydrogen-bond acceptors (Lipinski definition) is 6. The van der Waals surface area contributed by atoms with Crippen molar-refractivity contribution in [3.05, 3.63) is 23.4 Å². The number of hydrogen-bond donors (Lipinski definition) is 1. The van der Waals surface area contributed by atoms with Gasteiger partial charge < -0.3 is 14.2 Å². The van der Waals surface area contributed by atoms with Gasteiger partial charge in [0.1, 0.15) is 16.7 Å². The van der Waals surface area contributed by atoms with E-state index in [1.807, 2.05) is 0 Å². The number of halogens is 3. The second-order valence-corrected chi connectivity index (χ2v) is 6.62. The minimum Gasteiger partial charge on any atom is -0.481 e. The van der Waals surface area contributed by atoms with E-state index in [1.165, 1.54) is 26.2 Å². The lowest BCUT2D eigenvalue weighted by atomic mass is 10.1. The molecule has 2 aromatic rings. The summed E-state index contributed by atoms with van der Waals surface area (Å²) in [6.45, 7) is 6.19. The Morgan fingerprint density at radius 3 is 2.36 bits per heavy atom. The molecule has 0 spiro atoms. The highest BCUT2D eigenvalue weighted by Crippen LogP contribution is 2.37. The molecule has 0 saturated carbocycles. The van der Waals surface area contributed by atoms with Gasteiger partial charge in [0.05, 0.1) is 19.4 Å². The van der Waals surface area contributed by atoms with Crippen molar-refractivity contribution in [1.29, 1.82) is 0 Å². The van der Waals surface area contributed by atoms with Crippen molar-refractivity contribution in [2.75, 3.05) is 19.0 Å². The van der Waals surface area contributed by atoms with Crippen LogP contribution in [0.5, 0.6) is 5.88 Å². The Bertz CT molecular complexity index is 900. The first-order valence-electron chi connectivity index (χ1n) is 8.23. The number of nitrogens with zero attached hydrogens (tertiary/aromatic N) is 2. The second-order valence-electron chi connectivity index (χ2n) is 6.62. The fourth-order valence-corrected chi connectivity index (χ4v) is 2.39. The predicted octanol–water partition coefficient (Wildman–Crippen LogP) is 3.89. The molecule has 0 aromatic carbocycles. The van der Waals surface area contributed by atoms with Gasteiger partial charge in [0.25, 0.3) is 0 Å². The Kier molecular flexibility index (Phi) is 5.76. The molecule has 11 heteroatoms. The number of fused-ring (bicyclic) bond motifs is 1. The number of ether oxygens (including phenoxy) is 3. The molecule has 0 fully saturated rings. The molecule has 28 heavy (non-hydrogen) atoms. The summed E-state index contributed by atoms with van der Waals surface area (Å²) in [7, 11) is 1.23. The summed E-state index contributed by atoms with van der Waals surface area (Å²) in [5.74, 6) is -1.31. The average molecular weight is 403 g/mol. The first-order chi connectivity index (χ1) is 12.9. The van der Waals surface area contributed by atoms with Gasteiger partial charge in [-0.25, -0.2) is 9.59 Å². The van der Waals surface area contributed by atoms with Crippen molar-refractivity contribution >= 4 is 23.3 Å². The van der Waals surface area contributed by atoms with Crippen LogP contribution in [0.2, 0.25) is 0 Å². The van der Waals surface area contributed by atoms with Crippen LogP contribution in [0.4, 0.5) is 23.7 Å². The molecular formula is C17H20F3N3O5. The lowest BCUT2D eigenvalue weighted by Crippen LogP contribution is -2.27. The molecule has 0 atom stereocenters. The van der Waals surface area contributed by atoms with Gasteiger partial charge in [0.15, 0.2) is 5.69 Å². The quantitative estimate of drug-likeness (QED) is 0.779.